The van der Waals surface area contributed by atoms with Gasteiger partial charge in [-0.3, -0.25) is 0 Å². The van der Waals surface area contributed by atoms with E-state index in [0.717, 1.165) is 25.9 Å². The molecule has 0 saturated carbocycles. The van der Waals surface area contributed by atoms with Crippen LogP contribution in [0.2, 0.25) is 0 Å². The first kappa shape index (κ1) is 20.3. The highest BCUT2D eigenvalue weighted by Crippen LogP contribution is 2.41. The first-order valence-corrected chi connectivity index (χ1v) is 12.5. The van der Waals surface area contributed by atoms with E-state index in [4.69, 9.17) is 0 Å². The number of fused-ring (bicyclic) bond motifs is 8. The lowest BCUT2D eigenvalue weighted by Crippen LogP contribution is -2.52. The van der Waals surface area contributed by atoms with Crippen molar-refractivity contribution in [3.63, 3.8) is 0 Å². The zero-order chi connectivity index (χ0) is 23.4. The van der Waals surface area contributed by atoms with Crippen LogP contribution in [0.1, 0.15) is 16.7 Å². The van der Waals surface area contributed by atoms with Gasteiger partial charge in [-0.15, -0.1) is 0 Å². The van der Waals surface area contributed by atoms with E-state index in [1.807, 2.05) is 6.08 Å². The molecule has 0 radical (unpaired) electrons. The van der Waals surface area contributed by atoms with Gasteiger partial charge in [-0.1, -0.05) is 67.3 Å². The number of pyridine rings is 2. The van der Waals surface area contributed by atoms with E-state index < -0.39 is 0 Å². The van der Waals surface area contributed by atoms with Crippen LogP contribution in [0.4, 0.5) is 0 Å². The summed E-state index contributed by atoms with van der Waals surface area (Å²) in [6, 6.07) is 33.6. The van der Waals surface area contributed by atoms with Gasteiger partial charge in [-0.25, -0.2) is 0 Å². The third kappa shape index (κ3) is 3.24. The summed E-state index contributed by atoms with van der Waals surface area (Å²) in [6.45, 7) is 5.97. The Balaban J connectivity index is 1.49. The number of nitrogens with zero attached hydrogens (tertiary/aromatic N) is 2. The van der Waals surface area contributed by atoms with Crippen molar-refractivity contribution in [3.05, 3.63) is 127 Å². The third-order valence-electron chi connectivity index (χ3n) is 7.94. The Kier molecular flexibility index (Phi) is 4.50. The summed E-state index contributed by atoms with van der Waals surface area (Å²) in [7, 11) is 0. The first-order chi connectivity index (χ1) is 17.2. The predicted octanol–water partition coefficient (Wildman–Crippen LogP) is 6.19. The molecule has 168 valence electrons. The molecule has 1 atom stereocenters. The molecule has 0 aliphatic carbocycles. The zero-order valence-corrected chi connectivity index (χ0v) is 19.8. The van der Waals surface area contributed by atoms with E-state index in [2.05, 4.69) is 119 Å². The molecule has 0 saturated heterocycles. The molecule has 1 spiro atoms. The summed E-state index contributed by atoms with van der Waals surface area (Å²) in [5.74, 6) is 0. The Hall–Kier alpha value is -4.04. The van der Waals surface area contributed by atoms with Crippen LogP contribution in [0.25, 0.3) is 39.4 Å². The van der Waals surface area contributed by atoms with Gasteiger partial charge in [0.15, 0.2) is 25.5 Å². The average molecular weight is 453 g/mol. The lowest BCUT2D eigenvalue weighted by molar-refractivity contribution is -0.737. The van der Waals surface area contributed by atoms with Crippen LogP contribution in [0.5, 0.6) is 0 Å². The molecule has 2 aliphatic rings. The van der Waals surface area contributed by atoms with Gasteiger partial charge in [0, 0.05) is 23.8 Å². The van der Waals surface area contributed by atoms with E-state index in [9.17, 15) is 0 Å². The minimum Gasteiger partial charge on any atom is -0.197 e. The highest BCUT2D eigenvalue weighted by molar-refractivity contribution is 5.93. The minimum absolute atomic E-state index is 0.0518. The normalized spacial score (nSPS) is 18.1. The topological polar surface area (TPSA) is 7.76 Å². The second-order valence-electron chi connectivity index (χ2n) is 10.2. The fourth-order valence-corrected chi connectivity index (χ4v) is 6.43. The molecule has 0 N–H and O–H groups in total. The Morgan fingerprint density at radius 3 is 2.17 bits per heavy atom. The third-order valence-corrected chi connectivity index (χ3v) is 7.94. The molecule has 4 heterocycles. The number of rotatable bonds is 1. The van der Waals surface area contributed by atoms with Crippen molar-refractivity contribution in [1.82, 2.24) is 0 Å². The van der Waals surface area contributed by atoms with Crippen LogP contribution >= 0.6 is 0 Å². The largest absolute Gasteiger partial charge is 0.220 e. The van der Waals surface area contributed by atoms with Crippen molar-refractivity contribution in [2.75, 3.05) is 0 Å². The van der Waals surface area contributed by atoms with Crippen molar-refractivity contribution in [2.45, 2.75) is 25.9 Å². The fraction of sp³-hybridized carbons (Fsp3) is 0.152. The van der Waals surface area contributed by atoms with Crippen LogP contribution < -0.4 is 9.13 Å². The molecule has 3 aromatic carbocycles. The molecular weight excluding hydrogens is 424 g/mol. The van der Waals surface area contributed by atoms with E-state index in [1.165, 1.54) is 50.0 Å². The van der Waals surface area contributed by atoms with E-state index in [0.29, 0.717) is 0 Å². The first-order valence-electron chi connectivity index (χ1n) is 12.5. The van der Waals surface area contributed by atoms with Gasteiger partial charge in [-0.2, -0.15) is 9.13 Å². The Morgan fingerprint density at radius 1 is 0.686 bits per heavy atom. The van der Waals surface area contributed by atoms with Crippen LogP contribution in [-0.2, 0) is 25.9 Å². The molecule has 2 nitrogen and oxygen atoms in total. The second-order valence-corrected chi connectivity index (χ2v) is 10.2. The molecule has 0 amide bonds. The second kappa shape index (κ2) is 7.74. The van der Waals surface area contributed by atoms with Crippen molar-refractivity contribution in [3.8, 4) is 22.5 Å². The molecule has 35 heavy (non-hydrogen) atoms. The van der Waals surface area contributed by atoms with Gasteiger partial charge >= 0.3 is 0 Å². The van der Waals surface area contributed by atoms with Gasteiger partial charge in [0.05, 0.1) is 16.4 Å². The maximum absolute atomic E-state index is 4.02. The molecule has 2 heteroatoms. The van der Waals surface area contributed by atoms with Crippen molar-refractivity contribution in [1.29, 1.82) is 0 Å². The van der Waals surface area contributed by atoms with Crippen LogP contribution in [-0.4, -0.2) is 0 Å². The van der Waals surface area contributed by atoms with E-state index >= 15 is 0 Å². The summed E-state index contributed by atoms with van der Waals surface area (Å²) in [4.78, 5) is 0. The number of hydrogen-bond donors (Lipinski definition) is 0. The standard InChI is InChI=1S/C33H28N2/c1-2-24-15-17-34-22-33(20-26-10-4-6-12-28(26)31(34)19-24)21-27-11-5-8-14-30(27)32-29-13-7-3-9-25(29)16-18-35(32)23-33/h2-19H,1,20-23H2/q+2. The van der Waals surface area contributed by atoms with Crippen molar-refractivity contribution >= 4 is 16.8 Å². The maximum Gasteiger partial charge on any atom is 0.220 e. The van der Waals surface area contributed by atoms with Crippen molar-refractivity contribution < 1.29 is 9.13 Å². The molecule has 0 bridgehead atoms. The quantitative estimate of drug-likeness (QED) is 0.268. The smallest absolute Gasteiger partial charge is 0.197 e. The van der Waals surface area contributed by atoms with E-state index in [-0.39, 0.29) is 5.41 Å². The fourth-order valence-electron chi connectivity index (χ4n) is 6.43. The van der Waals surface area contributed by atoms with Crippen LogP contribution in [0.3, 0.4) is 0 Å². The van der Waals surface area contributed by atoms with Gasteiger partial charge in [0.2, 0.25) is 11.4 Å². The van der Waals surface area contributed by atoms with Gasteiger partial charge in [-0.05, 0) is 53.1 Å². The molecule has 5 aromatic rings. The Labute approximate surface area is 206 Å². The predicted molar refractivity (Wildman–Crippen MR) is 142 cm³/mol. The highest BCUT2D eigenvalue weighted by Gasteiger charge is 2.46. The summed E-state index contributed by atoms with van der Waals surface area (Å²) in [5.41, 5.74) is 9.44. The van der Waals surface area contributed by atoms with Gasteiger partial charge < -0.3 is 0 Å². The monoisotopic (exact) mass is 452 g/mol. The summed E-state index contributed by atoms with van der Waals surface area (Å²) in [6.07, 6.45) is 8.61. The Morgan fingerprint density at radius 2 is 1.34 bits per heavy atom. The minimum atomic E-state index is 0.0518. The van der Waals surface area contributed by atoms with Crippen LogP contribution in [0, 0.1) is 5.41 Å². The summed E-state index contributed by atoms with van der Waals surface area (Å²) < 4.78 is 5.01. The molecule has 1 unspecified atom stereocenters. The summed E-state index contributed by atoms with van der Waals surface area (Å²) >= 11 is 0. The summed E-state index contributed by atoms with van der Waals surface area (Å²) in [5, 5.41) is 2.63. The molecular formula is C33H28N2+2. The highest BCUT2D eigenvalue weighted by atomic mass is 15.0. The van der Waals surface area contributed by atoms with Crippen LogP contribution in [0.15, 0.2) is 110 Å². The lowest BCUT2D eigenvalue weighted by Gasteiger charge is -2.26. The average Bonchev–Trinajstić information content (AvgIpc) is 3.12. The molecule has 7 rings (SSSR count). The lowest BCUT2D eigenvalue weighted by atomic mass is 9.76. The molecule has 2 aliphatic heterocycles. The number of hydrogen-bond acceptors (Lipinski definition) is 0. The maximum atomic E-state index is 4.02. The number of benzene rings is 3. The Bertz CT molecular complexity index is 1630. The number of aromatic nitrogens is 2. The zero-order valence-electron chi connectivity index (χ0n) is 19.8. The van der Waals surface area contributed by atoms with Gasteiger partial charge in [0.25, 0.3) is 0 Å². The van der Waals surface area contributed by atoms with Gasteiger partial charge in [0.1, 0.15) is 0 Å². The molecule has 0 fully saturated rings. The SMILES string of the molecule is C=Cc1cc[n+]2c(c1)-c1ccccc1CC1(Cc3ccccc3-c3c4ccccc4cc[n+]3C1)C2. The van der Waals surface area contributed by atoms with E-state index in [1.54, 1.807) is 0 Å². The van der Waals surface area contributed by atoms with Crippen molar-refractivity contribution in [2.24, 2.45) is 5.41 Å². The molecule has 2 aromatic heterocycles.